The number of carbonyl (C=O) groups excluding carboxylic acids is 2. The monoisotopic (exact) mass is 341 g/mol. The topological polar surface area (TPSA) is 92.6 Å². The minimum absolute atomic E-state index is 0.176. The molecule has 1 heterocycles. The summed E-state index contributed by atoms with van der Waals surface area (Å²) in [6.07, 6.45) is 4.49. The van der Waals surface area contributed by atoms with E-state index in [0.29, 0.717) is 11.5 Å². The van der Waals surface area contributed by atoms with Crippen molar-refractivity contribution in [1.29, 1.82) is 0 Å². The van der Waals surface area contributed by atoms with Gasteiger partial charge in [0.1, 0.15) is 5.75 Å². The van der Waals surface area contributed by atoms with Crippen LogP contribution in [0.1, 0.15) is 11.3 Å². The maximum Gasteiger partial charge on any atom is 0.257 e. The predicted molar refractivity (Wildman–Crippen MR) is 94.1 cm³/mol. The maximum absolute atomic E-state index is 11.7. The Bertz CT molecular complexity index is 749. The van der Waals surface area contributed by atoms with E-state index in [-0.39, 0.29) is 12.5 Å². The number of carbonyl (C=O) groups is 2. The number of hydrogen-bond donors (Lipinski definition) is 3. The van der Waals surface area contributed by atoms with Crippen LogP contribution in [0.2, 0.25) is 0 Å². The number of rotatable bonds is 8. The van der Waals surface area contributed by atoms with Crippen molar-refractivity contribution < 1.29 is 18.7 Å². The van der Waals surface area contributed by atoms with Gasteiger partial charge in [0.15, 0.2) is 5.76 Å². The van der Waals surface area contributed by atoms with E-state index in [2.05, 4.69) is 22.7 Å². The summed E-state index contributed by atoms with van der Waals surface area (Å²) in [5.41, 5.74) is 6.27. The van der Waals surface area contributed by atoms with Crippen LogP contribution in [0.5, 0.6) is 5.75 Å². The molecule has 1 aromatic carbocycles. The summed E-state index contributed by atoms with van der Waals surface area (Å²) in [5.74, 6) is 0.448. The molecule has 0 aliphatic carbocycles. The Kier molecular flexibility index (Phi) is 6.41. The molecule has 0 saturated carbocycles. The van der Waals surface area contributed by atoms with Gasteiger partial charge in [-0.2, -0.15) is 0 Å². The van der Waals surface area contributed by atoms with Crippen LogP contribution in [0, 0.1) is 0 Å². The van der Waals surface area contributed by atoms with Crippen molar-refractivity contribution in [2.75, 3.05) is 13.7 Å². The van der Waals surface area contributed by atoms with E-state index in [1.807, 2.05) is 12.1 Å². The van der Waals surface area contributed by atoms with E-state index in [4.69, 9.17) is 9.15 Å². The van der Waals surface area contributed by atoms with Gasteiger partial charge in [-0.25, -0.2) is 0 Å². The van der Waals surface area contributed by atoms with Crippen LogP contribution in [-0.2, 0) is 9.59 Å². The fourth-order valence-electron chi connectivity index (χ4n) is 1.81. The molecule has 3 N–H and O–H groups in total. The third-order valence-corrected chi connectivity index (χ3v) is 3.14. The minimum atomic E-state index is -0.418. The lowest BCUT2D eigenvalue weighted by atomic mass is 10.2. The number of benzene rings is 1. The summed E-state index contributed by atoms with van der Waals surface area (Å²) in [6, 6.07) is 10.6. The van der Waals surface area contributed by atoms with Gasteiger partial charge >= 0.3 is 0 Å². The van der Waals surface area contributed by atoms with Gasteiger partial charge in [0.2, 0.25) is 5.91 Å². The normalized spacial score (nSPS) is 10.3. The van der Waals surface area contributed by atoms with Gasteiger partial charge in [-0.3, -0.25) is 20.4 Å². The molecule has 130 valence electrons. The fraction of sp³-hybridized carbons (Fsp3) is 0.111. The Morgan fingerprint density at radius 2 is 1.96 bits per heavy atom. The molecule has 2 rings (SSSR count). The molecule has 0 bridgehead atoms. The van der Waals surface area contributed by atoms with E-state index in [1.54, 1.807) is 37.5 Å². The van der Waals surface area contributed by atoms with Crippen LogP contribution >= 0.6 is 0 Å². The highest BCUT2D eigenvalue weighted by atomic mass is 16.5. The van der Waals surface area contributed by atoms with Crippen LogP contribution in [-0.4, -0.2) is 25.5 Å². The van der Waals surface area contributed by atoms with E-state index in [9.17, 15) is 9.59 Å². The molecule has 1 aromatic heterocycles. The smallest absolute Gasteiger partial charge is 0.257 e. The Balaban J connectivity index is 1.70. The molecular formula is C18H19N3O4. The molecule has 2 aromatic rings. The molecule has 0 atom stereocenters. The van der Waals surface area contributed by atoms with Crippen LogP contribution in [0.25, 0.3) is 11.8 Å². The first kappa shape index (κ1) is 17.9. The molecule has 0 aliphatic rings. The molecule has 7 nitrogen and oxygen atoms in total. The van der Waals surface area contributed by atoms with E-state index in [1.165, 1.54) is 12.3 Å². The average Bonchev–Trinajstić information content (AvgIpc) is 3.18. The van der Waals surface area contributed by atoms with Gasteiger partial charge in [-0.1, -0.05) is 18.7 Å². The molecule has 25 heavy (non-hydrogen) atoms. The first-order valence-corrected chi connectivity index (χ1v) is 7.46. The van der Waals surface area contributed by atoms with E-state index in [0.717, 1.165) is 11.3 Å². The van der Waals surface area contributed by atoms with Crippen molar-refractivity contribution in [3.8, 4) is 5.75 Å². The summed E-state index contributed by atoms with van der Waals surface area (Å²) >= 11 is 0. The highest BCUT2D eigenvalue weighted by Crippen LogP contribution is 2.12. The van der Waals surface area contributed by atoms with E-state index >= 15 is 0 Å². The Morgan fingerprint density at radius 1 is 1.20 bits per heavy atom. The second kappa shape index (κ2) is 8.97. The van der Waals surface area contributed by atoms with Crippen LogP contribution in [0.3, 0.4) is 0 Å². The number of amides is 2. The SMILES string of the molecule is C=C(NNC(=O)CNC(=O)/C=C/c1ccc(OC)cc1)c1ccco1. The van der Waals surface area contributed by atoms with Crippen LogP contribution in [0.15, 0.2) is 59.7 Å². The fourth-order valence-corrected chi connectivity index (χ4v) is 1.81. The second-order valence-corrected chi connectivity index (χ2v) is 4.95. The molecule has 0 saturated heterocycles. The zero-order valence-corrected chi connectivity index (χ0v) is 13.7. The van der Waals surface area contributed by atoms with Crippen molar-refractivity contribution in [3.63, 3.8) is 0 Å². The summed E-state index contributed by atoms with van der Waals surface area (Å²) in [6.45, 7) is 3.54. The van der Waals surface area contributed by atoms with Gasteiger partial charge in [-0.05, 0) is 35.9 Å². The lowest BCUT2D eigenvalue weighted by Crippen LogP contribution is -2.42. The highest BCUT2D eigenvalue weighted by Gasteiger charge is 2.05. The van der Waals surface area contributed by atoms with Gasteiger partial charge in [0, 0.05) is 6.08 Å². The number of hydrazine groups is 1. The number of furan rings is 1. The predicted octanol–water partition coefficient (Wildman–Crippen LogP) is 1.71. The van der Waals surface area contributed by atoms with Crippen LogP contribution in [0.4, 0.5) is 0 Å². The zero-order chi connectivity index (χ0) is 18.1. The molecule has 0 spiro atoms. The van der Waals surface area contributed by atoms with Crippen LogP contribution < -0.4 is 20.9 Å². The van der Waals surface area contributed by atoms with Gasteiger partial charge < -0.3 is 14.5 Å². The molecule has 0 aliphatic heterocycles. The first-order valence-electron chi connectivity index (χ1n) is 7.46. The number of ether oxygens (including phenoxy) is 1. The van der Waals surface area contributed by atoms with Crippen molar-refractivity contribution in [1.82, 2.24) is 16.2 Å². The summed E-state index contributed by atoms with van der Waals surface area (Å²) in [5, 5.41) is 2.48. The van der Waals surface area contributed by atoms with Crippen molar-refractivity contribution in [3.05, 3.63) is 66.6 Å². The third kappa shape index (κ3) is 5.91. The standard InChI is InChI=1S/C18H19N3O4/c1-13(16-4-3-11-25-16)20-21-18(23)12-19-17(22)10-7-14-5-8-15(24-2)9-6-14/h3-11,20H,1,12H2,2H3,(H,19,22)(H,21,23)/b10-7+. The second-order valence-electron chi connectivity index (χ2n) is 4.95. The Hall–Kier alpha value is -3.48. The summed E-state index contributed by atoms with van der Waals surface area (Å²) in [4.78, 5) is 23.4. The molecule has 0 radical (unpaired) electrons. The number of nitrogens with one attached hydrogen (secondary N) is 3. The first-order chi connectivity index (χ1) is 12.1. The Morgan fingerprint density at radius 3 is 2.60 bits per heavy atom. The maximum atomic E-state index is 11.7. The third-order valence-electron chi connectivity index (χ3n) is 3.14. The zero-order valence-electron chi connectivity index (χ0n) is 13.7. The summed E-state index contributed by atoms with van der Waals surface area (Å²) < 4.78 is 10.2. The van der Waals surface area contributed by atoms with Crippen molar-refractivity contribution in [2.24, 2.45) is 0 Å². The number of hydrogen-bond acceptors (Lipinski definition) is 5. The lowest BCUT2D eigenvalue weighted by Gasteiger charge is -2.09. The minimum Gasteiger partial charge on any atom is -0.497 e. The molecular weight excluding hydrogens is 322 g/mol. The Labute approximate surface area is 145 Å². The highest BCUT2D eigenvalue weighted by molar-refractivity contribution is 5.94. The van der Waals surface area contributed by atoms with Gasteiger partial charge in [-0.15, -0.1) is 0 Å². The van der Waals surface area contributed by atoms with Gasteiger partial charge in [0.25, 0.3) is 5.91 Å². The molecule has 0 unspecified atom stereocenters. The van der Waals surface area contributed by atoms with Gasteiger partial charge in [0.05, 0.1) is 25.6 Å². The largest absolute Gasteiger partial charge is 0.497 e. The quantitative estimate of drug-likeness (QED) is 0.502. The number of methoxy groups -OCH3 is 1. The van der Waals surface area contributed by atoms with Crippen molar-refractivity contribution in [2.45, 2.75) is 0 Å². The molecule has 0 fully saturated rings. The average molecular weight is 341 g/mol. The molecule has 2 amide bonds. The van der Waals surface area contributed by atoms with E-state index < -0.39 is 5.91 Å². The molecule has 7 heteroatoms. The van der Waals surface area contributed by atoms with Crippen molar-refractivity contribution >= 4 is 23.6 Å². The lowest BCUT2D eigenvalue weighted by molar-refractivity contribution is -0.124. The summed E-state index contributed by atoms with van der Waals surface area (Å²) in [7, 11) is 1.59.